The molecule has 2 atom stereocenters. The number of guanidine groups is 1. The van der Waals surface area contributed by atoms with Gasteiger partial charge in [0.15, 0.2) is 11.8 Å². The Kier molecular flexibility index (Phi) is 7.53. The molecule has 3 rings (SSSR count). The summed E-state index contributed by atoms with van der Waals surface area (Å²) < 4.78 is 2.02. The number of rotatable bonds is 6. The fraction of sp³-hybridized carbons (Fsp3) is 0.857. The maximum Gasteiger partial charge on any atom is 0.191 e. The smallest absolute Gasteiger partial charge is 0.191 e. The molecule has 2 aliphatic rings. The third-order valence-corrected chi connectivity index (χ3v) is 6.40. The zero-order chi connectivity index (χ0) is 19.1. The summed E-state index contributed by atoms with van der Waals surface area (Å²) in [5.41, 5.74) is 0. The van der Waals surface area contributed by atoms with E-state index in [9.17, 15) is 0 Å². The van der Waals surface area contributed by atoms with Gasteiger partial charge in [-0.05, 0) is 44.4 Å². The van der Waals surface area contributed by atoms with Crippen molar-refractivity contribution in [2.45, 2.75) is 90.6 Å². The van der Waals surface area contributed by atoms with E-state index >= 15 is 0 Å². The van der Waals surface area contributed by atoms with Gasteiger partial charge in [0.2, 0.25) is 0 Å². The highest BCUT2D eigenvalue weighted by Gasteiger charge is 2.19. The second-order valence-corrected chi connectivity index (χ2v) is 8.72. The largest absolute Gasteiger partial charge is 0.356 e. The summed E-state index contributed by atoms with van der Waals surface area (Å²) in [6.45, 7) is 5.96. The summed E-state index contributed by atoms with van der Waals surface area (Å²) in [5.74, 6) is 4.57. The molecule has 0 spiro atoms. The van der Waals surface area contributed by atoms with Gasteiger partial charge >= 0.3 is 0 Å². The summed E-state index contributed by atoms with van der Waals surface area (Å²) in [6, 6.07) is 0.556. The highest BCUT2D eigenvalue weighted by Crippen LogP contribution is 2.30. The minimum Gasteiger partial charge on any atom is -0.356 e. The third kappa shape index (κ3) is 6.22. The molecule has 2 aliphatic carbocycles. The fourth-order valence-corrected chi connectivity index (χ4v) is 4.55. The molecule has 1 heterocycles. The van der Waals surface area contributed by atoms with Crippen LogP contribution in [0.1, 0.15) is 82.8 Å². The molecule has 2 fully saturated rings. The number of aromatic nitrogens is 3. The van der Waals surface area contributed by atoms with Gasteiger partial charge in [0, 0.05) is 19.6 Å². The zero-order valence-electron chi connectivity index (χ0n) is 17.5. The third-order valence-electron chi connectivity index (χ3n) is 6.40. The molecule has 152 valence electrons. The predicted molar refractivity (Wildman–Crippen MR) is 111 cm³/mol. The lowest BCUT2D eigenvalue weighted by molar-refractivity contribution is 0.270. The number of aliphatic imine (C=N–C) groups is 1. The first-order valence-corrected chi connectivity index (χ1v) is 11.0. The SMILES string of the molecule is Cc1nnc(CN=C(NCCC2CCCC(C)C2)NC2CCCCC2)n1C. The summed E-state index contributed by atoms with van der Waals surface area (Å²) in [7, 11) is 2.01. The molecule has 0 aromatic carbocycles. The average molecular weight is 375 g/mol. The molecule has 2 N–H and O–H groups in total. The van der Waals surface area contributed by atoms with Crippen LogP contribution in [0.25, 0.3) is 0 Å². The Morgan fingerprint density at radius 3 is 2.63 bits per heavy atom. The highest BCUT2D eigenvalue weighted by atomic mass is 15.3. The normalized spacial score (nSPS) is 24.8. The lowest BCUT2D eigenvalue weighted by atomic mass is 9.81. The van der Waals surface area contributed by atoms with E-state index in [0.29, 0.717) is 12.6 Å². The van der Waals surface area contributed by atoms with Crippen molar-refractivity contribution in [1.29, 1.82) is 0 Å². The Bertz CT molecular complexity index is 602. The average Bonchev–Trinajstić information content (AvgIpc) is 2.99. The van der Waals surface area contributed by atoms with Gasteiger partial charge in [-0.1, -0.05) is 45.4 Å². The first kappa shape index (κ1) is 20.2. The molecular formula is C21H38N6. The topological polar surface area (TPSA) is 67.1 Å². The van der Waals surface area contributed by atoms with E-state index in [-0.39, 0.29) is 0 Å². The predicted octanol–water partition coefficient (Wildman–Crippen LogP) is 3.71. The summed E-state index contributed by atoms with van der Waals surface area (Å²) in [5, 5.41) is 15.7. The van der Waals surface area contributed by atoms with Crippen LogP contribution in [-0.4, -0.2) is 33.3 Å². The number of nitrogens with one attached hydrogen (secondary N) is 2. The van der Waals surface area contributed by atoms with Gasteiger partial charge in [-0.25, -0.2) is 4.99 Å². The lowest BCUT2D eigenvalue weighted by Gasteiger charge is -2.28. The molecule has 0 radical (unpaired) electrons. The number of aryl methyl sites for hydroxylation is 1. The van der Waals surface area contributed by atoms with Gasteiger partial charge in [-0.15, -0.1) is 10.2 Å². The van der Waals surface area contributed by atoms with E-state index in [1.807, 2.05) is 18.5 Å². The minimum absolute atomic E-state index is 0.556. The van der Waals surface area contributed by atoms with Crippen molar-refractivity contribution in [2.24, 2.45) is 23.9 Å². The van der Waals surface area contributed by atoms with Crippen molar-refractivity contribution in [1.82, 2.24) is 25.4 Å². The van der Waals surface area contributed by atoms with Crippen LogP contribution in [0.2, 0.25) is 0 Å². The van der Waals surface area contributed by atoms with Crippen LogP contribution in [0.3, 0.4) is 0 Å². The van der Waals surface area contributed by atoms with Crippen LogP contribution in [0.5, 0.6) is 0 Å². The van der Waals surface area contributed by atoms with Crippen molar-refractivity contribution in [2.75, 3.05) is 6.54 Å². The van der Waals surface area contributed by atoms with Crippen LogP contribution < -0.4 is 10.6 Å². The van der Waals surface area contributed by atoms with E-state index in [4.69, 9.17) is 4.99 Å². The quantitative estimate of drug-likeness (QED) is 0.588. The maximum absolute atomic E-state index is 4.83. The number of hydrogen-bond acceptors (Lipinski definition) is 3. The number of nitrogens with zero attached hydrogens (tertiary/aromatic N) is 4. The Labute approximate surface area is 164 Å². The van der Waals surface area contributed by atoms with Crippen molar-refractivity contribution >= 4 is 5.96 Å². The van der Waals surface area contributed by atoms with Gasteiger partial charge < -0.3 is 15.2 Å². The van der Waals surface area contributed by atoms with Crippen LogP contribution in [-0.2, 0) is 13.6 Å². The molecule has 27 heavy (non-hydrogen) atoms. The van der Waals surface area contributed by atoms with Crippen molar-refractivity contribution in [3.63, 3.8) is 0 Å². The van der Waals surface area contributed by atoms with Crippen molar-refractivity contribution in [3.05, 3.63) is 11.6 Å². The number of hydrogen-bond donors (Lipinski definition) is 2. The maximum atomic E-state index is 4.83. The summed E-state index contributed by atoms with van der Waals surface area (Å²) >= 11 is 0. The second-order valence-electron chi connectivity index (χ2n) is 8.72. The molecule has 1 aromatic rings. The fourth-order valence-electron chi connectivity index (χ4n) is 4.55. The Morgan fingerprint density at radius 2 is 1.93 bits per heavy atom. The Balaban J connectivity index is 1.54. The molecule has 2 saturated carbocycles. The zero-order valence-corrected chi connectivity index (χ0v) is 17.5. The van der Waals surface area contributed by atoms with E-state index in [1.165, 1.54) is 64.2 Å². The first-order chi connectivity index (χ1) is 13.1. The van der Waals surface area contributed by atoms with E-state index in [2.05, 4.69) is 27.8 Å². The molecule has 0 aliphatic heterocycles. The molecule has 0 bridgehead atoms. The Morgan fingerprint density at radius 1 is 1.11 bits per heavy atom. The van der Waals surface area contributed by atoms with Crippen LogP contribution >= 0.6 is 0 Å². The minimum atomic E-state index is 0.556. The van der Waals surface area contributed by atoms with Gasteiger partial charge in [0.25, 0.3) is 0 Å². The summed E-state index contributed by atoms with van der Waals surface area (Å²) in [6.07, 6.45) is 13.4. The molecule has 6 heteroatoms. The van der Waals surface area contributed by atoms with Gasteiger partial charge in [0.05, 0.1) is 0 Å². The van der Waals surface area contributed by atoms with E-state index in [1.54, 1.807) is 0 Å². The second kappa shape index (κ2) is 10.1. The summed E-state index contributed by atoms with van der Waals surface area (Å²) in [4.78, 5) is 4.83. The first-order valence-electron chi connectivity index (χ1n) is 11.0. The van der Waals surface area contributed by atoms with Crippen molar-refractivity contribution in [3.8, 4) is 0 Å². The van der Waals surface area contributed by atoms with E-state index in [0.717, 1.165) is 36.0 Å². The Hall–Kier alpha value is -1.59. The highest BCUT2D eigenvalue weighted by molar-refractivity contribution is 5.80. The lowest BCUT2D eigenvalue weighted by Crippen LogP contribution is -2.44. The van der Waals surface area contributed by atoms with Gasteiger partial charge in [0.1, 0.15) is 12.4 Å². The van der Waals surface area contributed by atoms with Crippen molar-refractivity contribution < 1.29 is 0 Å². The van der Waals surface area contributed by atoms with Gasteiger partial charge in [-0.2, -0.15) is 0 Å². The van der Waals surface area contributed by atoms with Crippen LogP contribution in [0.15, 0.2) is 4.99 Å². The molecule has 6 nitrogen and oxygen atoms in total. The molecule has 2 unspecified atom stereocenters. The molecule has 0 saturated heterocycles. The monoisotopic (exact) mass is 374 g/mol. The standard InChI is InChI=1S/C21H38N6/c1-16-8-7-9-18(14-16)12-13-22-21(24-19-10-5-4-6-11-19)23-15-20-26-25-17(2)27(20)3/h16,18-19H,4-15H2,1-3H3,(H2,22,23,24). The molecule has 0 amide bonds. The molecule has 1 aromatic heterocycles. The van der Waals surface area contributed by atoms with Gasteiger partial charge in [-0.3, -0.25) is 0 Å². The van der Waals surface area contributed by atoms with Crippen LogP contribution in [0.4, 0.5) is 0 Å². The van der Waals surface area contributed by atoms with Crippen LogP contribution in [0, 0.1) is 18.8 Å². The molecular weight excluding hydrogens is 336 g/mol. The van der Waals surface area contributed by atoms with E-state index < -0.39 is 0 Å².